The molecule has 2 nitrogen and oxygen atoms in total. The zero-order chi connectivity index (χ0) is 13.0. The fraction of sp³-hybridized carbons (Fsp3) is 0.500. The number of benzene rings is 1. The van der Waals surface area contributed by atoms with E-state index in [9.17, 15) is 4.39 Å². The van der Waals surface area contributed by atoms with E-state index >= 15 is 0 Å². The second-order valence-electron chi connectivity index (χ2n) is 4.86. The molecule has 0 saturated heterocycles. The van der Waals surface area contributed by atoms with Crippen molar-refractivity contribution in [2.75, 3.05) is 5.32 Å². The van der Waals surface area contributed by atoms with Crippen LogP contribution in [0, 0.1) is 5.82 Å². The smallest absolute Gasteiger partial charge is 0.135 e. The minimum Gasteiger partial charge on any atom is -0.389 e. The molecule has 0 heterocycles. The van der Waals surface area contributed by atoms with E-state index in [0.717, 1.165) is 18.5 Å². The Balaban J connectivity index is 2.17. The molecule has 0 radical (unpaired) electrons. The zero-order valence-electron chi connectivity index (χ0n) is 10.4. The lowest BCUT2D eigenvalue weighted by molar-refractivity contribution is 0.612. The number of thiocarbonyl (C=S) groups is 1. The Labute approximate surface area is 113 Å². The largest absolute Gasteiger partial charge is 0.389 e. The highest BCUT2D eigenvalue weighted by atomic mass is 32.1. The molecule has 0 bridgehead atoms. The van der Waals surface area contributed by atoms with Gasteiger partial charge in [-0.25, -0.2) is 4.39 Å². The first-order chi connectivity index (χ1) is 8.68. The second-order valence-corrected chi connectivity index (χ2v) is 5.30. The van der Waals surface area contributed by atoms with Crippen molar-refractivity contribution >= 4 is 22.9 Å². The van der Waals surface area contributed by atoms with Crippen LogP contribution in [-0.2, 0) is 0 Å². The predicted molar refractivity (Wildman–Crippen MR) is 77.4 cm³/mol. The van der Waals surface area contributed by atoms with Gasteiger partial charge >= 0.3 is 0 Å². The molecule has 3 N–H and O–H groups in total. The third kappa shape index (κ3) is 3.19. The Morgan fingerprint density at radius 2 is 1.89 bits per heavy atom. The lowest BCUT2D eigenvalue weighted by atomic mass is 10.1. The lowest BCUT2D eigenvalue weighted by Crippen LogP contribution is -2.22. The Hall–Kier alpha value is -1.16. The maximum Gasteiger partial charge on any atom is 0.135 e. The molecule has 4 heteroatoms. The van der Waals surface area contributed by atoms with Crippen LogP contribution in [0.3, 0.4) is 0 Å². The first kappa shape index (κ1) is 13.3. The lowest BCUT2D eigenvalue weighted by Gasteiger charge is -2.20. The summed E-state index contributed by atoms with van der Waals surface area (Å²) in [5, 5.41) is 3.40. The maximum absolute atomic E-state index is 13.7. The number of halogens is 1. The molecule has 1 aromatic carbocycles. The van der Waals surface area contributed by atoms with E-state index in [2.05, 4.69) is 5.32 Å². The third-order valence-corrected chi connectivity index (χ3v) is 3.68. The van der Waals surface area contributed by atoms with Gasteiger partial charge in [0, 0.05) is 11.7 Å². The molecular weight excluding hydrogens is 247 g/mol. The van der Waals surface area contributed by atoms with Gasteiger partial charge in [-0.15, -0.1) is 0 Å². The third-order valence-electron chi connectivity index (χ3n) is 3.47. The van der Waals surface area contributed by atoms with Crippen molar-refractivity contribution in [3.63, 3.8) is 0 Å². The van der Waals surface area contributed by atoms with Crippen molar-refractivity contribution in [3.05, 3.63) is 29.6 Å². The summed E-state index contributed by atoms with van der Waals surface area (Å²) in [6.07, 6.45) is 7.32. The second kappa shape index (κ2) is 6.14. The Morgan fingerprint density at radius 3 is 2.50 bits per heavy atom. The summed E-state index contributed by atoms with van der Waals surface area (Å²) < 4.78 is 13.7. The highest BCUT2D eigenvalue weighted by molar-refractivity contribution is 7.80. The van der Waals surface area contributed by atoms with Crippen LogP contribution < -0.4 is 11.1 Å². The first-order valence-electron chi connectivity index (χ1n) is 6.53. The van der Waals surface area contributed by atoms with Crippen LogP contribution in [0.5, 0.6) is 0 Å². The van der Waals surface area contributed by atoms with Crippen LogP contribution in [0.2, 0.25) is 0 Å². The van der Waals surface area contributed by atoms with Crippen LogP contribution in [-0.4, -0.2) is 11.0 Å². The van der Waals surface area contributed by atoms with Crippen LogP contribution >= 0.6 is 12.2 Å². The molecule has 1 fully saturated rings. The van der Waals surface area contributed by atoms with Gasteiger partial charge in [-0.1, -0.05) is 44.0 Å². The maximum atomic E-state index is 13.7. The van der Waals surface area contributed by atoms with E-state index in [-0.39, 0.29) is 10.8 Å². The van der Waals surface area contributed by atoms with Gasteiger partial charge in [0.2, 0.25) is 0 Å². The normalized spacial score (nSPS) is 17.2. The number of hydrogen-bond acceptors (Lipinski definition) is 2. The molecule has 0 aromatic heterocycles. The zero-order valence-corrected chi connectivity index (χ0v) is 11.2. The number of nitrogens with one attached hydrogen (secondary N) is 1. The van der Waals surface area contributed by atoms with Crippen LogP contribution in [0.1, 0.15) is 44.1 Å². The van der Waals surface area contributed by atoms with Crippen LogP contribution in [0.15, 0.2) is 18.2 Å². The summed E-state index contributed by atoms with van der Waals surface area (Å²) >= 11 is 4.93. The van der Waals surface area contributed by atoms with Crippen molar-refractivity contribution in [3.8, 4) is 0 Å². The molecule has 1 aromatic rings. The van der Waals surface area contributed by atoms with Gasteiger partial charge < -0.3 is 11.1 Å². The molecule has 1 aliphatic carbocycles. The topological polar surface area (TPSA) is 38.0 Å². The Bertz CT molecular complexity index is 426. The fourth-order valence-corrected chi connectivity index (χ4v) is 2.75. The SMILES string of the molecule is NC(=S)c1c(F)cccc1NC1CCCCCC1. The van der Waals surface area contributed by atoms with E-state index in [1.54, 1.807) is 6.07 Å². The number of nitrogens with two attached hydrogens (primary N) is 1. The summed E-state index contributed by atoms with van der Waals surface area (Å²) in [4.78, 5) is 0.115. The van der Waals surface area contributed by atoms with E-state index in [1.807, 2.05) is 6.07 Å². The van der Waals surface area contributed by atoms with Crippen LogP contribution in [0.4, 0.5) is 10.1 Å². The van der Waals surface area contributed by atoms with E-state index in [4.69, 9.17) is 18.0 Å². The summed E-state index contributed by atoms with van der Waals surface area (Å²) in [7, 11) is 0. The van der Waals surface area contributed by atoms with Gasteiger partial charge in [-0.05, 0) is 25.0 Å². The van der Waals surface area contributed by atoms with Crippen molar-refractivity contribution in [2.45, 2.75) is 44.6 Å². The van der Waals surface area contributed by atoms with Crippen molar-refractivity contribution in [2.24, 2.45) is 5.73 Å². The minimum atomic E-state index is -0.346. The molecule has 0 unspecified atom stereocenters. The highest BCUT2D eigenvalue weighted by Crippen LogP contribution is 2.24. The van der Waals surface area contributed by atoms with Crippen molar-refractivity contribution in [1.29, 1.82) is 0 Å². The van der Waals surface area contributed by atoms with Crippen molar-refractivity contribution in [1.82, 2.24) is 0 Å². The average molecular weight is 266 g/mol. The standard InChI is InChI=1S/C14H19FN2S/c15-11-8-5-9-12(13(11)14(16)18)17-10-6-3-1-2-4-7-10/h5,8-10,17H,1-4,6-7H2,(H2,16,18). The monoisotopic (exact) mass is 266 g/mol. The molecule has 1 aliphatic rings. The summed E-state index contributed by atoms with van der Waals surface area (Å²) in [6.45, 7) is 0. The van der Waals surface area contributed by atoms with E-state index in [0.29, 0.717) is 11.6 Å². The quantitative estimate of drug-likeness (QED) is 0.648. The van der Waals surface area contributed by atoms with E-state index < -0.39 is 0 Å². The predicted octanol–water partition coefficient (Wildman–Crippen LogP) is 3.59. The molecule has 0 amide bonds. The molecule has 98 valence electrons. The van der Waals surface area contributed by atoms with Gasteiger partial charge in [0.15, 0.2) is 0 Å². The van der Waals surface area contributed by atoms with E-state index in [1.165, 1.54) is 31.7 Å². The average Bonchev–Trinajstić information content (AvgIpc) is 2.57. The van der Waals surface area contributed by atoms with Gasteiger partial charge in [-0.3, -0.25) is 0 Å². The minimum absolute atomic E-state index is 0.115. The molecule has 2 rings (SSSR count). The molecule has 18 heavy (non-hydrogen) atoms. The highest BCUT2D eigenvalue weighted by Gasteiger charge is 2.16. The Morgan fingerprint density at radius 1 is 1.22 bits per heavy atom. The molecule has 0 atom stereocenters. The van der Waals surface area contributed by atoms with Gasteiger partial charge in [0.05, 0.1) is 5.56 Å². The fourth-order valence-electron chi connectivity index (χ4n) is 2.54. The number of anilines is 1. The summed E-state index contributed by atoms with van der Waals surface area (Å²) in [5.74, 6) is -0.346. The molecule has 0 aliphatic heterocycles. The number of rotatable bonds is 3. The van der Waals surface area contributed by atoms with Crippen molar-refractivity contribution < 1.29 is 4.39 Å². The Kier molecular flexibility index (Phi) is 4.53. The summed E-state index contributed by atoms with van der Waals surface area (Å²) in [6, 6.07) is 5.34. The summed E-state index contributed by atoms with van der Waals surface area (Å²) in [5.41, 5.74) is 6.68. The molecule has 0 spiro atoms. The van der Waals surface area contributed by atoms with Crippen LogP contribution in [0.25, 0.3) is 0 Å². The van der Waals surface area contributed by atoms with Gasteiger partial charge in [0.25, 0.3) is 0 Å². The molecule has 1 saturated carbocycles. The molecular formula is C14H19FN2S. The van der Waals surface area contributed by atoms with Gasteiger partial charge in [-0.2, -0.15) is 0 Å². The van der Waals surface area contributed by atoms with Gasteiger partial charge in [0.1, 0.15) is 10.8 Å². The number of hydrogen-bond donors (Lipinski definition) is 2. The first-order valence-corrected chi connectivity index (χ1v) is 6.94.